The number of nitrogens with zero attached hydrogens (tertiary/aromatic N) is 3. The lowest BCUT2D eigenvalue weighted by atomic mass is 10.1. The summed E-state index contributed by atoms with van der Waals surface area (Å²) >= 11 is 1.34. The van der Waals surface area contributed by atoms with Gasteiger partial charge in [-0.25, -0.2) is 0 Å². The number of hydrogen-bond donors (Lipinski definition) is 1. The number of thioether (sulfide) groups is 1. The van der Waals surface area contributed by atoms with Gasteiger partial charge in [0.1, 0.15) is 29.8 Å². The first-order valence-electron chi connectivity index (χ1n) is 11.4. The van der Waals surface area contributed by atoms with Crippen molar-refractivity contribution in [2.45, 2.75) is 20.8 Å². The van der Waals surface area contributed by atoms with Gasteiger partial charge in [-0.1, -0.05) is 43.7 Å². The van der Waals surface area contributed by atoms with Crippen molar-refractivity contribution in [3.05, 3.63) is 65.2 Å². The van der Waals surface area contributed by atoms with Gasteiger partial charge in [0, 0.05) is 5.92 Å². The molecule has 0 bridgehead atoms. The van der Waals surface area contributed by atoms with Crippen LogP contribution in [0.2, 0.25) is 0 Å². The Balaban J connectivity index is 1.23. The Morgan fingerprint density at radius 1 is 0.971 bits per heavy atom. The second kappa shape index (κ2) is 11.3. The first kappa shape index (κ1) is 24.7. The third-order valence-corrected chi connectivity index (χ3v) is 6.38. The van der Waals surface area contributed by atoms with Crippen molar-refractivity contribution in [3.8, 4) is 11.5 Å². The fourth-order valence-corrected chi connectivity index (χ4v) is 4.13. The van der Waals surface area contributed by atoms with E-state index in [9.17, 15) is 4.79 Å². The Morgan fingerprint density at radius 3 is 2.17 bits per heavy atom. The maximum absolute atomic E-state index is 12.5. The van der Waals surface area contributed by atoms with Crippen molar-refractivity contribution in [2.75, 3.05) is 26.4 Å². The minimum absolute atomic E-state index is 0.0342. The van der Waals surface area contributed by atoms with Crippen molar-refractivity contribution in [1.82, 2.24) is 5.01 Å². The van der Waals surface area contributed by atoms with Crippen molar-refractivity contribution >= 4 is 39.8 Å². The van der Waals surface area contributed by atoms with E-state index in [0.29, 0.717) is 37.3 Å². The fourth-order valence-electron chi connectivity index (χ4n) is 3.24. The number of aliphatic imine (C=N–C) groups is 1. The number of amides is 1. The molecule has 0 atom stereocenters. The van der Waals surface area contributed by atoms with Gasteiger partial charge >= 0.3 is 0 Å². The number of hydrogen-bond acceptors (Lipinski definition) is 7. The summed E-state index contributed by atoms with van der Waals surface area (Å²) in [6.07, 6.45) is 1.65. The molecule has 9 heteroatoms. The largest absolute Gasteiger partial charge is 0.491 e. The highest BCUT2D eigenvalue weighted by molar-refractivity contribution is 8.27. The zero-order chi connectivity index (χ0) is 24.8. The molecule has 4 rings (SSSR count). The smallest absolute Gasteiger partial charge is 0.283 e. The zero-order valence-electron chi connectivity index (χ0n) is 20.0. The number of nitrogens with one attached hydrogen (secondary N) is 1. The third-order valence-electron chi connectivity index (χ3n) is 5.17. The molecule has 2 aliphatic rings. The summed E-state index contributed by atoms with van der Waals surface area (Å²) in [4.78, 5) is 16.6. The summed E-state index contributed by atoms with van der Waals surface area (Å²) in [5.74, 6) is 1.33. The SMILES string of the molecule is Cc1ccc(OCCOCCOc2ccc(/C=C3/C(=N)N4N=C(C(C)C)SC4=NC3=O)cc2)cc1. The van der Waals surface area contributed by atoms with Crippen LogP contribution in [0.25, 0.3) is 6.08 Å². The molecule has 0 unspecified atom stereocenters. The number of fused-ring (bicyclic) bond motifs is 1. The number of aryl methyl sites for hydroxylation is 1. The van der Waals surface area contributed by atoms with E-state index < -0.39 is 5.91 Å². The third kappa shape index (κ3) is 6.37. The van der Waals surface area contributed by atoms with Gasteiger partial charge in [0.25, 0.3) is 5.91 Å². The number of amidine groups is 2. The lowest BCUT2D eigenvalue weighted by Gasteiger charge is -2.20. The van der Waals surface area contributed by atoms with E-state index in [4.69, 9.17) is 19.6 Å². The van der Waals surface area contributed by atoms with Crippen LogP contribution >= 0.6 is 11.8 Å². The summed E-state index contributed by atoms with van der Waals surface area (Å²) in [6.45, 7) is 7.89. The van der Waals surface area contributed by atoms with Crippen LogP contribution in [0.3, 0.4) is 0 Å². The Hall–Kier alpha value is -3.43. The molecule has 0 saturated carbocycles. The minimum atomic E-state index is -0.433. The maximum atomic E-state index is 12.5. The van der Waals surface area contributed by atoms with Crippen LogP contribution in [0.1, 0.15) is 25.0 Å². The first-order chi connectivity index (χ1) is 16.9. The fraction of sp³-hybridized carbons (Fsp3) is 0.308. The van der Waals surface area contributed by atoms with Gasteiger partial charge in [0.15, 0.2) is 5.84 Å². The second-order valence-corrected chi connectivity index (χ2v) is 9.29. The predicted octanol–water partition coefficient (Wildman–Crippen LogP) is 4.74. The molecule has 2 aromatic carbocycles. The maximum Gasteiger partial charge on any atom is 0.283 e. The zero-order valence-corrected chi connectivity index (χ0v) is 20.8. The molecular weight excluding hydrogens is 464 g/mol. The predicted molar refractivity (Wildman–Crippen MR) is 139 cm³/mol. The number of carbonyl (C=O) groups is 1. The van der Waals surface area contributed by atoms with E-state index in [1.165, 1.54) is 22.3 Å². The molecule has 0 spiro atoms. The highest BCUT2D eigenvalue weighted by atomic mass is 32.2. The van der Waals surface area contributed by atoms with Gasteiger partial charge in [-0.05, 0) is 54.6 Å². The van der Waals surface area contributed by atoms with E-state index in [0.717, 1.165) is 16.4 Å². The molecule has 0 radical (unpaired) electrons. The van der Waals surface area contributed by atoms with Gasteiger partial charge in [-0.2, -0.15) is 15.1 Å². The lowest BCUT2D eigenvalue weighted by Crippen LogP contribution is -2.35. The van der Waals surface area contributed by atoms with Gasteiger partial charge in [-0.15, -0.1) is 0 Å². The molecule has 0 aliphatic carbocycles. The molecule has 2 aromatic rings. The Kier molecular flexibility index (Phi) is 7.99. The van der Waals surface area contributed by atoms with Crippen molar-refractivity contribution in [3.63, 3.8) is 0 Å². The molecule has 2 aliphatic heterocycles. The molecule has 0 aromatic heterocycles. The minimum Gasteiger partial charge on any atom is -0.491 e. The van der Waals surface area contributed by atoms with Crippen LogP contribution in [0.4, 0.5) is 0 Å². The average Bonchev–Trinajstić information content (AvgIpc) is 3.28. The summed E-state index contributed by atoms with van der Waals surface area (Å²) in [6, 6.07) is 15.2. The second-order valence-electron chi connectivity index (χ2n) is 8.30. The normalized spacial score (nSPS) is 16.5. The summed E-state index contributed by atoms with van der Waals surface area (Å²) in [5.41, 5.74) is 2.17. The molecule has 1 N–H and O–H groups in total. The van der Waals surface area contributed by atoms with E-state index in [-0.39, 0.29) is 17.3 Å². The standard InChI is InChI=1S/C26H28N4O4S/c1-17(2)25-29-30-23(27)22(24(31)28-26(30)35-25)16-19-6-10-21(11-7-19)34-15-13-32-12-14-33-20-8-4-18(3)5-9-20/h4-11,16-17,27H,12-15H2,1-3H3/b22-16-,27-23?. The van der Waals surface area contributed by atoms with Crippen molar-refractivity contribution in [2.24, 2.45) is 16.0 Å². The lowest BCUT2D eigenvalue weighted by molar-refractivity contribution is -0.114. The molecule has 1 amide bonds. The van der Waals surface area contributed by atoms with Crippen molar-refractivity contribution in [1.29, 1.82) is 5.41 Å². The molecule has 0 saturated heterocycles. The summed E-state index contributed by atoms with van der Waals surface area (Å²) in [7, 11) is 0. The first-order valence-corrected chi connectivity index (χ1v) is 12.2. The van der Waals surface area contributed by atoms with Crippen LogP contribution in [-0.2, 0) is 9.53 Å². The highest BCUT2D eigenvalue weighted by Crippen LogP contribution is 2.30. The summed E-state index contributed by atoms with van der Waals surface area (Å²) in [5, 5.41) is 15.6. The van der Waals surface area contributed by atoms with Gasteiger partial charge in [-0.3, -0.25) is 10.2 Å². The Morgan fingerprint density at radius 2 is 1.57 bits per heavy atom. The van der Waals surface area contributed by atoms with Crippen LogP contribution in [0, 0.1) is 18.3 Å². The topological polar surface area (TPSA) is 96.6 Å². The number of carbonyl (C=O) groups excluding carboxylic acids is 1. The Bertz CT molecular complexity index is 1170. The molecule has 2 heterocycles. The Labute approximate surface area is 209 Å². The average molecular weight is 493 g/mol. The van der Waals surface area contributed by atoms with E-state index in [1.807, 2.05) is 69.3 Å². The molecule has 0 fully saturated rings. The van der Waals surface area contributed by atoms with Gasteiger partial charge in [0.05, 0.1) is 18.8 Å². The van der Waals surface area contributed by atoms with Crippen molar-refractivity contribution < 1.29 is 19.0 Å². The quantitative estimate of drug-likeness (QED) is 0.380. The van der Waals surface area contributed by atoms with Gasteiger partial charge in [0.2, 0.25) is 5.17 Å². The van der Waals surface area contributed by atoms with E-state index in [1.54, 1.807) is 6.08 Å². The highest BCUT2D eigenvalue weighted by Gasteiger charge is 2.36. The van der Waals surface area contributed by atoms with Crippen LogP contribution in [0.15, 0.2) is 64.2 Å². The number of hydrazone groups is 1. The molecule has 182 valence electrons. The summed E-state index contributed by atoms with van der Waals surface area (Å²) < 4.78 is 16.9. The van der Waals surface area contributed by atoms with Crippen LogP contribution < -0.4 is 9.47 Å². The monoisotopic (exact) mass is 492 g/mol. The van der Waals surface area contributed by atoms with E-state index in [2.05, 4.69) is 10.1 Å². The van der Waals surface area contributed by atoms with Crippen LogP contribution in [0.5, 0.6) is 11.5 Å². The van der Waals surface area contributed by atoms with Gasteiger partial charge < -0.3 is 14.2 Å². The number of benzene rings is 2. The van der Waals surface area contributed by atoms with Crippen LogP contribution in [-0.4, -0.2) is 53.4 Å². The molecule has 35 heavy (non-hydrogen) atoms. The molecule has 8 nitrogen and oxygen atoms in total. The number of rotatable bonds is 10. The number of ether oxygens (including phenoxy) is 3. The van der Waals surface area contributed by atoms with E-state index >= 15 is 0 Å². The molecular formula is C26H28N4O4S.